The van der Waals surface area contributed by atoms with Crippen LogP contribution in [0.4, 0.5) is 0 Å². The van der Waals surface area contributed by atoms with Crippen molar-refractivity contribution in [2.45, 2.75) is 11.7 Å². The minimum Gasteiger partial charge on any atom is -0.468 e. The third-order valence-electron chi connectivity index (χ3n) is 1.83. The van der Waals surface area contributed by atoms with Crippen molar-refractivity contribution >= 4 is 15.8 Å². The summed E-state index contributed by atoms with van der Waals surface area (Å²) in [5.41, 5.74) is 5.19. The predicted molar refractivity (Wildman–Crippen MR) is 44.3 cm³/mol. The number of sulfone groups is 1. The summed E-state index contributed by atoms with van der Waals surface area (Å²) in [6.07, 6.45) is 0.955. The number of nitrogens with two attached hydrogens (primary N) is 1. The van der Waals surface area contributed by atoms with E-state index in [-0.39, 0.29) is 6.54 Å². The van der Waals surface area contributed by atoms with Gasteiger partial charge >= 0.3 is 5.97 Å². The largest absolute Gasteiger partial charge is 0.468 e. The van der Waals surface area contributed by atoms with Crippen LogP contribution in [0.5, 0.6) is 0 Å². The molecule has 0 aliphatic heterocycles. The number of esters is 1. The molecule has 0 aliphatic carbocycles. The lowest BCUT2D eigenvalue weighted by molar-refractivity contribution is -0.142. The van der Waals surface area contributed by atoms with Crippen LogP contribution in [0, 0.1) is 0 Å². The monoisotopic (exact) mass is 195 g/mol. The first-order valence-electron chi connectivity index (χ1n) is 3.27. The van der Waals surface area contributed by atoms with Gasteiger partial charge in [0, 0.05) is 12.8 Å². The highest BCUT2D eigenvalue weighted by molar-refractivity contribution is 7.92. The molecule has 0 saturated carbocycles. The summed E-state index contributed by atoms with van der Waals surface area (Å²) in [5, 5.41) is 0. The van der Waals surface area contributed by atoms with Crippen LogP contribution < -0.4 is 5.73 Å². The summed E-state index contributed by atoms with van der Waals surface area (Å²) in [5.74, 6) is -0.826. The Kier molecular flexibility index (Phi) is 3.23. The van der Waals surface area contributed by atoms with Crippen molar-refractivity contribution in [1.29, 1.82) is 0 Å². The van der Waals surface area contributed by atoms with Gasteiger partial charge in [-0.25, -0.2) is 8.42 Å². The number of hydrogen-bond acceptors (Lipinski definition) is 5. The highest BCUT2D eigenvalue weighted by Crippen LogP contribution is 2.15. The normalized spacial score (nSPS) is 16.7. The number of carbonyl (C=O) groups is 1. The summed E-state index contributed by atoms with van der Waals surface area (Å²) in [6, 6.07) is 0. The molecule has 0 heterocycles. The van der Waals surface area contributed by atoms with Gasteiger partial charge < -0.3 is 10.5 Å². The smallest absolute Gasteiger partial charge is 0.328 e. The summed E-state index contributed by atoms with van der Waals surface area (Å²) in [6.45, 7) is 0.965. The quantitative estimate of drug-likeness (QED) is 0.579. The molecule has 1 unspecified atom stereocenters. The number of rotatable bonds is 3. The SMILES string of the molecule is COC(=O)C(C)(CN)S(C)(=O)=O. The minimum atomic E-state index is -3.53. The van der Waals surface area contributed by atoms with Crippen LogP contribution in [-0.2, 0) is 19.4 Å². The van der Waals surface area contributed by atoms with Gasteiger partial charge in [-0.15, -0.1) is 0 Å². The third-order valence-corrected chi connectivity index (χ3v) is 3.80. The van der Waals surface area contributed by atoms with E-state index in [1.807, 2.05) is 0 Å². The van der Waals surface area contributed by atoms with Crippen molar-refractivity contribution in [3.63, 3.8) is 0 Å². The zero-order valence-corrected chi connectivity index (χ0v) is 8.14. The maximum absolute atomic E-state index is 11.1. The van der Waals surface area contributed by atoms with Crippen molar-refractivity contribution in [2.24, 2.45) is 5.73 Å². The fourth-order valence-electron chi connectivity index (χ4n) is 0.602. The number of carbonyl (C=O) groups excluding carboxylic acids is 1. The maximum Gasteiger partial charge on any atom is 0.328 e. The predicted octanol–water partition coefficient (Wildman–Crippen LogP) is -1.08. The Balaban J connectivity index is 5.09. The summed E-state index contributed by atoms with van der Waals surface area (Å²) in [7, 11) is -2.40. The molecule has 6 heteroatoms. The van der Waals surface area contributed by atoms with Gasteiger partial charge in [0.05, 0.1) is 7.11 Å². The van der Waals surface area contributed by atoms with Crippen LogP contribution in [0.15, 0.2) is 0 Å². The molecule has 0 radical (unpaired) electrons. The van der Waals surface area contributed by atoms with Gasteiger partial charge in [0.25, 0.3) is 0 Å². The lowest BCUT2D eigenvalue weighted by atomic mass is 10.2. The Hall–Kier alpha value is -0.620. The Morgan fingerprint density at radius 1 is 1.58 bits per heavy atom. The molecule has 0 aliphatic rings. The van der Waals surface area contributed by atoms with E-state index in [1.54, 1.807) is 0 Å². The second kappa shape index (κ2) is 3.40. The second-order valence-electron chi connectivity index (χ2n) is 2.70. The molecule has 0 aromatic carbocycles. The lowest BCUT2D eigenvalue weighted by Crippen LogP contribution is -2.49. The van der Waals surface area contributed by atoms with Crippen molar-refractivity contribution in [3.05, 3.63) is 0 Å². The first kappa shape index (κ1) is 11.4. The molecular formula is C6H13NO4S. The number of ether oxygens (including phenoxy) is 1. The van der Waals surface area contributed by atoms with Crippen LogP contribution in [0.3, 0.4) is 0 Å². The Morgan fingerprint density at radius 2 is 2.00 bits per heavy atom. The maximum atomic E-state index is 11.1. The van der Waals surface area contributed by atoms with Crippen LogP contribution in [0.2, 0.25) is 0 Å². The topological polar surface area (TPSA) is 86.5 Å². The highest BCUT2D eigenvalue weighted by Gasteiger charge is 2.43. The molecule has 0 aromatic heterocycles. The molecule has 0 spiro atoms. The average molecular weight is 195 g/mol. The first-order valence-corrected chi connectivity index (χ1v) is 5.17. The summed E-state index contributed by atoms with van der Waals surface area (Å²) in [4.78, 5) is 11.0. The van der Waals surface area contributed by atoms with Crippen molar-refractivity contribution in [3.8, 4) is 0 Å². The Morgan fingerprint density at radius 3 is 2.08 bits per heavy atom. The molecule has 72 valence electrons. The molecule has 0 saturated heterocycles. The van der Waals surface area contributed by atoms with E-state index in [9.17, 15) is 13.2 Å². The third kappa shape index (κ3) is 1.75. The Bertz CT molecular complexity index is 271. The van der Waals surface area contributed by atoms with Gasteiger partial charge in [0.2, 0.25) is 0 Å². The zero-order chi connectivity index (χ0) is 9.99. The standard InChI is InChI=1S/C6H13NO4S/c1-6(4-7,5(8)11-2)12(3,9)10/h4,7H2,1-3H3. The van der Waals surface area contributed by atoms with Crippen molar-refractivity contribution in [1.82, 2.24) is 0 Å². The molecule has 0 rings (SSSR count). The van der Waals surface area contributed by atoms with E-state index in [0.29, 0.717) is 0 Å². The molecule has 0 fully saturated rings. The van der Waals surface area contributed by atoms with Crippen LogP contribution in [-0.4, -0.2) is 39.0 Å². The van der Waals surface area contributed by atoms with E-state index >= 15 is 0 Å². The molecule has 0 amide bonds. The van der Waals surface area contributed by atoms with Gasteiger partial charge in [-0.2, -0.15) is 0 Å². The van der Waals surface area contributed by atoms with E-state index in [1.165, 1.54) is 6.92 Å². The zero-order valence-electron chi connectivity index (χ0n) is 7.33. The molecule has 12 heavy (non-hydrogen) atoms. The fraction of sp³-hybridized carbons (Fsp3) is 0.833. The average Bonchev–Trinajstić information content (AvgIpc) is 1.99. The Labute approximate surface area is 71.8 Å². The second-order valence-corrected chi connectivity index (χ2v) is 5.14. The van der Waals surface area contributed by atoms with Crippen molar-refractivity contribution in [2.75, 3.05) is 19.9 Å². The van der Waals surface area contributed by atoms with Gasteiger partial charge in [0.15, 0.2) is 14.6 Å². The van der Waals surface area contributed by atoms with E-state index in [0.717, 1.165) is 13.4 Å². The molecule has 1 atom stereocenters. The highest BCUT2D eigenvalue weighted by atomic mass is 32.2. The first-order chi connectivity index (χ1) is 5.29. The van der Waals surface area contributed by atoms with Crippen LogP contribution in [0.25, 0.3) is 0 Å². The van der Waals surface area contributed by atoms with Gasteiger partial charge in [-0.1, -0.05) is 0 Å². The number of hydrogen-bond donors (Lipinski definition) is 1. The molecule has 5 nitrogen and oxygen atoms in total. The van der Waals surface area contributed by atoms with Crippen LogP contribution >= 0.6 is 0 Å². The summed E-state index contributed by atoms with van der Waals surface area (Å²) >= 11 is 0. The molecule has 2 N–H and O–H groups in total. The van der Waals surface area contributed by atoms with E-state index < -0.39 is 20.6 Å². The van der Waals surface area contributed by atoms with Gasteiger partial charge in [0.1, 0.15) is 0 Å². The minimum absolute atomic E-state index is 0.279. The van der Waals surface area contributed by atoms with Gasteiger partial charge in [-0.3, -0.25) is 4.79 Å². The molecule has 0 bridgehead atoms. The molecule has 0 aromatic rings. The fourth-order valence-corrected chi connectivity index (χ4v) is 1.29. The van der Waals surface area contributed by atoms with E-state index in [2.05, 4.69) is 4.74 Å². The molecular weight excluding hydrogens is 182 g/mol. The van der Waals surface area contributed by atoms with Crippen LogP contribution in [0.1, 0.15) is 6.92 Å². The van der Waals surface area contributed by atoms with Gasteiger partial charge in [-0.05, 0) is 6.92 Å². The van der Waals surface area contributed by atoms with Crippen molar-refractivity contribution < 1.29 is 17.9 Å². The lowest BCUT2D eigenvalue weighted by Gasteiger charge is -2.22. The number of methoxy groups -OCH3 is 1. The van der Waals surface area contributed by atoms with E-state index in [4.69, 9.17) is 5.73 Å². The summed E-state index contributed by atoms with van der Waals surface area (Å²) < 4.78 is 24.9.